The van der Waals surface area contributed by atoms with Crippen LogP contribution in [0.3, 0.4) is 0 Å². The summed E-state index contributed by atoms with van der Waals surface area (Å²) in [5.41, 5.74) is 3.60. The van der Waals surface area contributed by atoms with E-state index in [1.54, 1.807) is 37.1 Å². The van der Waals surface area contributed by atoms with Crippen molar-refractivity contribution in [3.63, 3.8) is 0 Å². The van der Waals surface area contributed by atoms with Gasteiger partial charge in [0.25, 0.3) is 0 Å². The van der Waals surface area contributed by atoms with Crippen LogP contribution in [0.5, 0.6) is 11.5 Å². The summed E-state index contributed by atoms with van der Waals surface area (Å²) in [6.45, 7) is 5.86. The van der Waals surface area contributed by atoms with Crippen LogP contribution in [-0.4, -0.2) is 45.5 Å². The number of aromatic nitrogens is 4. The molecule has 3 rings (SSSR count). The van der Waals surface area contributed by atoms with Gasteiger partial charge >= 0.3 is 0 Å². The molecule has 0 bridgehead atoms. The Hall–Kier alpha value is -2.87. The smallest absolute Gasteiger partial charge is 0.214 e. The Morgan fingerprint density at radius 2 is 1.75 bits per heavy atom. The number of hydrogen-bond acceptors (Lipinski definition) is 7. The Kier molecular flexibility index (Phi) is 5.99. The van der Waals surface area contributed by atoms with E-state index in [-0.39, 0.29) is 11.0 Å². The Morgan fingerprint density at radius 3 is 2.39 bits per heavy atom. The number of carbonyl (C=O) groups excluding carboxylic acids is 1. The third kappa shape index (κ3) is 3.87. The largest absolute Gasteiger partial charge is 0.493 e. The van der Waals surface area contributed by atoms with E-state index in [0.29, 0.717) is 22.2 Å². The van der Waals surface area contributed by atoms with Crippen molar-refractivity contribution >= 4 is 17.5 Å². The number of rotatable bonds is 7. The zero-order chi connectivity index (χ0) is 20.3. The predicted octanol–water partition coefficient (Wildman–Crippen LogP) is 3.66. The summed E-state index contributed by atoms with van der Waals surface area (Å²) < 4.78 is 12.2. The summed E-state index contributed by atoms with van der Waals surface area (Å²) in [5, 5.41) is 12.2. The molecule has 28 heavy (non-hydrogen) atoms. The van der Waals surface area contributed by atoms with Gasteiger partial charge in [0.1, 0.15) is 0 Å². The Labute approximate surface area is 168 Å². The first-order chi connectivity index (χ1) is 13.5. The molecule has 0 aliphatic rings. The van der Waals surface area contributed by atoms with Crippen LogP contribution in [0.15, 0.2) is 41.6 Å². The van der Waals surface area contributed by atoms with Crippen LogP contribution in [0, 0.1) is 13.8 Å². The molecule has 146 valence electrons. The summed E-state index contributed by atoms with van der Waals surface area (Å²) >= 11 is 1.32. The van der Waals surface area contributed by atoms with E-state index in [1.807, 2.05) is 39.0 Å². The lowest BCUT2D eigenvalue weighted by Gasteiger charge is -2.14. The van der Waals surface area contributed by atoms with Crippen LogP contribution >= 0.6 is 11.8 Å². The van der Waals surface area contributed by atoms with Gasteiger partial charge in [-0.2, -0.15) is 4.68 Å². The van der Waals surface area contributed by atoms with Gasteiger partial charge in [-0.15, -0.1) is 5.10 Å². The fourth-order valence-corrected chi connectivity index (χ4v) is 3.84. The van der Waals surface area contributed by atoms with Crippen molar-refractivity contribution in [2.24, 2.45) is 0 Å². The maximum Gasteiger partial charge on any atom is 0.214 e. The van der Waals surface area contributed by atoms with Crippen molar-refractivity contribution in [1.29, 1.82) is 0 Å². The number of Topliss-reactive ketones (excluding diaryl/α,β-unsaturated/α-hetero) is 1. The van der Waals surface area contributed by atoms with Crippen LogP contribution in [0.4, 0.5) is 0 Å². The van der Waals surface area contributed by atoms with E-state index in [0.717, 1.165) is 16.8 Å². The maximum atomic E-state index is 12.9. The highest BCUT2D eigenvalue weighted by molar-refractivity contribution is 8.00. The number of aryl methyl sites for hydroxylation is 2. The molecule has 1 atom stereocenters. The molecule has 7 nitrogen and oxygen atoms in total. The van der Waals surface area contributed by atoms with E-state index in [4.69, 9.17) is 9.47 Å². The van der Waals surface area contributed by atoms with Crippen LogP contribution in [-0.2, 0) is 0 Å². The molecular formula is C20H22N4O3S. The summed E-state index contributed by atoms with van der Waals surface area (Å²) in [5.74, 6) is 1.06. The average molecular weight is 398 g/mol. The lowest BCUT2D eigenvalue weighted by molar-refractivity contribution is 0.0993. The van der Waals surface area contributed by atoms with Crippen LogP contribution < -0.4 is 9.47 Å². The van der Waals surface area contributed by atoms with Gasteiger partial charge in [0.2, 0.25) is 5.16 Å². The first kappa shape index (κ1) is 19.9. The van der Waals surface area contributed by atoms with Crippen molar-refractivity contribution in [2.45, 2.75) is 31.2 Å². The van der Waals surface area contributed by atoms with Crippen molar-refractivity contribution in [3.8, 4) is 17.2 Å². The van der Waals surface area contributed by atoms with Crippen molar-refractivity contribution in [1.82, 2.24) is 20.2 Å². The predicted molar refractivity (Wildman–Crippen MR) is 108 cm³/mol. The topological polar surface area (TPSA) is 79.1 Å². The van der Waals surface area contributed by atoms with Gasteiger partial charge in [0.15, 0.2) is 17.3 Å². The van der Waals surface area contributed by atoms with E-state index in [2.05, 4.69) is 15.5 Å². The fourth-order valence-electron chi connectivity index (χ4n) is 2.97. The summed E-state index contributed by atoms with van der Waals surface area (Å²) in [4.78, 5) is 12.9. The maximum absolute atomic E-state index is 12.9. The number of hydrogen-bond donors (Lipinski definition) is 0. The number of nitrogens with zero attached hydrogens (tertiary/aromatic N) is 4. The minimum atomic E-state index is -0.382. The minimum Gasteiger partial charge on any atom is -0.493 e. The summed E-state index contributed by atoms with van der Waals surface area (Å²) in [6, 6.07) is 11.2. The Morgan fingerprint density at radius 1 is 1.07 bits per heavy atom. The molecule has 0 saturated heterocycles. The molecular weight excluding hydrogens is 376 g/mol. The first-order valence-corrected chi connectivity index (χ1v) is 9.62. The molecule has 0 fully saturated rings. The molecule has 0 radical (unpaired) electrons. The quantitative estimate of drug-likeness (QED) is 0.444. The molecule has 0 N–H and O–H groups in total. The van der Waals surface area contributed by atoms with E-state index in [1.165, 1.54) is 11.8 Å². The molecule has 0 spiro atoms. The number of methoxy groups -OCH3 is 2. The lowest BCUT2D eigenvalue weighted by atomic mass is 10.1. The van der Waals surface area contributed by atoms with Gasteiger partial charge < -0.3 is 9.47 Å². The number of thioether (sulfide) groups is 1. The molecule has 1 heterocycles. The Bertz CT molecular complexity index is 983. The normalized spacial score (nSPS) is 11.9. The number of para-hydroxylation sites is 1. The summed E-state index contributed by atoms with van der Waals surface area (Å²) in [7, 11) is 3.11. The highest BCUT2D eigenvalue weighted by Crippen LogP contribution is 2.31. The van der Waals surface area contributed by atoms with Gasteiger partial charge in [0, 0.05) is 5.56 Å². The zero-order valence-corrected chi connectivity index (χ0v) is 17.3. The summed E-state index contributed by atoms with van der Waals surface area (Å²) in [6.07, 6.45) is 0. The van der Waals surface area contributed by atoms with Crippen LogP contribution in [0.1, 0.15) is 28.4 Å². The number of ether oxygens (including phenoxy) is 2. The first-order valence-electron chi connectivity index (χ1n) is 8.74. The molecule has 8 heteroatoms. The molecule has 0 aliphatic heterocycles. The minimum absolute atomic E-state index is 0.0398. The second kappa shape index (κ2) is 8.43. The molecule has 1 aromatic heterocycles. The second-order valence-electron chi connectivity index (χ2n) is 6.31. The standard InChI is InChI=1S/C20H22N4O3S/c1-12-7-6-8-13(2)18(12)24-20(21-22-23-24)28-14(3)19(25)15-9-10-16(26-4)17(11-15)27-5/h6-11,14H,1-5H3. The van der Waals surface area contributed by atoms with E-state index in [9.17, 15) is 4.79 Å². The number of carbonyl (C=O) groups is 1. The van der Waals surface area contributed by atoms with Gasteiger partial charge in [-0.25, -0.2) is 0 Å². The van der Waals surface area contributed by atoms with Crippen LogP contribution in [0.25, 0.3) is 5.69 Å². The van der Waals surface area contributed by atoms with E-state index < -0.39 is 0 Å². The van der Waals surface area contributed by atoms with Crippen LogP contribution in [0.2, 0.25) is 0 Å². The number of tetrazole rings is 1. The van der Waals surface area contributed by atoms with Gasteiger partial charge in [-0.3, -0.25) is 4.79 Å². The van der Waals surface area contributed by atoms with Gasteiger partial charge in [-0.05, 0) is 60.5 Å². The highest BCUT2D eigenvalue weighted by Gasteiger charge is 2.22. The molecule has 0 saturated carbocycles. The average Bonchev–Trinajstić information content (AvgIpc) is 3.14. The van der Waals surface area contributed by atoms with Gasteiger partial charge in [0.05, 0.1) is 25.2 Å². The number of ketones is 1. The molecule has 2 aromatic carbocycles. The second-order valence-corrected chi connectivity index (χ2v) is 7.62. The van der Waals surface area contributed by atoms with Crippen molar-refractivity contribution in [3.05, 3.63) is 53.1 Å². The van der Waals surface area contributed by atoms with Crippen molar-refractivity contribution < 1.29 is 14.3 Å². The molecule has 0 amide bonds. The monoisotopic (exact) mass is 398 g/mol. The molecule has 0 aliphatic carbocycles. The number of benzene rings is 2. The third-order valence-corrected chi connectivity index (χ3v) is 5.44. The van der Waals surface area contributed by atoms with E-state index >= 15 is 0 Å². The molecule has 3 aromatic rings. The molecule has 1 unspecified atom stereocenters. The highest BCUT2D eigenvalue weighted by atomic mass is 32.2. The SMILES string of the molecule is COc1ccc(C(=O)C(C)Sc2nnnn2-c2c(C)cccc2C)cc1OC. The lowest BCUT2D eigenvalue weighted by Crippen LogP contribution is -2.15. The fraction of sp³-hybridized carbons (Fsp3) is 0.300. The van der Waals surface area contributed by atoms with Crippen molar-refractivity contribution in [2.75, 3.05) is 14.2 Å². The third-order valence-electron chi connectivity index (χ3n) is 4.41. The van der Waals surface area contributed by atoms with Gasteiger partial charge in [-0.1, -0.05) is 30.0 Å². The zero-order valence-electron chi connectivity index (χ0n) is 16.5. The Balaban J connectivity index is 1.86.